The summed E-state index contributed by atoms with van der Waals surface area (Å²) in [7, 11) is 0. The summed E-state index contributed by atoms with van der Waals surface area (Å²) in [5.41, 5.74) is 5.28. The Morgan fingerprint density at radius 3 is 2.85 bits per heavy atom. The highest BCUT2D eigenvalue weighted by Gasteiger charge is 2.48. The van der Waals surface area contributed by atoms with Gasteiger partial charge in [-0.05, 0) is 25.3 Å². The molecule has 2 rings (SSSR count). The van der Waals surface area contributed by atoms with Crippen LogP contribution in [0.15, 0.2) is 0 Å². The van der Waals surface area contributed by atoms with Crippen molar-refractivity contribution in [1.82, 2.24) is 5.32 Å². The van der Waals surface area contributed by atoms with E-state index in [2.05, 4.69) is 5.32 Å². The minimum absolute atomic E-state index is 0. The summed E-state index contributed by atoms with van der Waals surface area (Å²) in [6.07, 6.45) is 4.61. The summed E-state index contributed by atoms with van der Waals surface area (Å²) in [4.78, 5) is 11.3. The van der Waals surface area contributed by atoms with Crippen molar-refractivity contribution in [3.8, 4) is 0 Å². The van der Waals surface area contributed by atoms with Crippen LogP contribution in [-0.4, -0.2) is 19.0 Å². The summed E-state index contributed by atoms with van der Waals surface area (Å²) in [5, 5.41) is 3.29. The molecule has 3 nitrogen and oxygen atoms in total. The van der Waals surface area contributed by atoms with E-state index < -0.39 is 0 Å². The van der Waals surface area contributed by atoms with Gasteiger partial charge in [-0.2, -0.15) is 0 Å². The highest BCUT2D eigenvalue weighted by Crippen LogP contribution is 2.43. The first-order valence-corrected chi connectivity index (χ1v) is 4.76. The van der Waals surface area contributed by atoms with E-state index in [-0.39, 0.29) is 23.7 Å². The lowest BCUT2D eigenvalue weighted by molar-refractivity contribution is -0.130. The maximum absolute atomic E-state index is 11.3. The molecule has 0 aromatic carbocycles. The zero-order chi connectivity index (χ0) is 8.60. The van der Waals surface area contributed by atoms with Crippen molar-refractivity contribution in [2.75, 3.05) is 13.1 Å². The molecule has 2 aliphatic rings. The first-order chi connectivity index (χ1) is 5.76. The van der Waals surface area contributed by atoms with Gasteiger partial charge in [0.2, 0.25) is 5.91 Å². The Hall–Kier alpha value is -0.280. The van der Waals surface area contributed by atoms with E-state index in [0.717, 1.165) is 19.5 Å². The molecule has 3 N–H and O–H groups in total. The van der Waals surface area contributed by atoms with Gasteiger partial charge in [-0.1, -0.05) is 12.8 Å². The van der Waals surface area contributed by atoms with Crippen LogP contribution in [0.2, 0.25) is 0 Å². The minimum atomic E-state index is -0.182. The topological polar surface area (TPSA) is 55.1 Å². The van der Waals surface area contributed by atoms with Gasteiger partial charge in [-0.25, -0.2) is 0 Å². The largest absolute Gasteiger partial charge is 0.369 e. The Morgan fingerprint density at radius 2 is 2.23 bits per heavy atom. The second kappa shape index (κ2) is 3.84. The number of hydrogen-bond acceptors (Lipinski definition) is 2. The highest BCUT2D eigenvalue weighted by molar-refractivity contribution is 5.85. The molecular formula is C9H17ClN2O. The van der Waals surface area contributed by atoms with E-state index in [1.54, 1.807) is 0 Å². The van der Waals surface area contributed by atoms with Gasteiger partial charge in [-0.3, -0.25) is 4.79 Å². The number of amides is 1. The van der Waals surface area contributed by atoms with Crippen LogP contribution in [0, 0.1) is 11.3 Å². The third-order valence-electron chi connectivity index (χ3n) is 3.53. The van der Waals surface area contributed by atoms with Gasteiger partial charge in [0.15, 0.2) is 0 Å². The summed E-state index contributed by atoms with van der Waals surface area (Å²) >= 11 is 0. The van der Waals surface area contributed by atoms with Crippen molar-refractivity contribution in [2.45, 2.75) is 25.7 Å². The molecule has 76 valence electrons. The molecule has 1 amide bonds. The fourth-order valence-electron chi connectivity index (χ4n) is 2.72. The summed E-state index contributed by atoms with van der Waals surface area (Å²) < 4.78 is 0. The first kappa shape index (κ1) is 10.8. The molecule has 0 radical (unpaired) electrons. The molecule has 1 heterocycles. The Kier molecular flexibility index (Phi) is 3.19. The monoisotopic (exact) mass is 204 g/mol. The molecule has 0 bridgehead atoms. The molecule has 4 heteroatoms. The van der Waals surface area contributed by atoms with Crippen molar-refractivity contribution in [2.24, 2.45) is 17.1 Å². The molecule has 1 saturated carbocycles. The van der Waals surface area contributed by atoms with Crippen LogP contribution < -0.4 is 11.1 Å². The third-order valence-corrected chi connectivity index (χ3v) is 3.53. The lowest BCUT2D eigenvalue weighted by Crippen LogP contribution is -2.45. The van der Waals surface area contributed by atoms with Crippen LogP contribution in [0.1, 0.15) is 25.7 Å². The fraction of sp³-hybridized carbons (Fsp3) is 0.889. The maximum Gasteiger partial charge on any atom is 0.225 e. The Balaban J connectivity index is 0.000000845. The quantitative estimate of drug-likeness (QED) is 0.660. The number of hydrogen-bond donors (Lipinski definition) is 2. The van der Waals surface area contributed by atoms with Crippen LogP contribution in [0.3, 0.4) is 0 Å². The number of carbonyl (C=O) groups excluding carboxylic acids is 1. The molecule has 0 aromatic rings. The molecule has 2 fully saturated rings. The van der Waals surface area contributed by atoms with Gasteiger partial charge in [0.1, 0.15) is 0 Å². The molecule has 1 aliphatic heterocycles. The minimum Gasteiger partial charge on any atom is -0.369 e. The second-order valence-corrected chi connectivity index (χ2v) is 4.09. The van der Waals surface area contributed by atoms with Gasteiger partial charge in [0, 0.05) is 6.54 Å². The van der Waals surface area contributed by atoms with Gasteiger partial charge in [0.05, 0.1) is 5.41 Å². The second-order valence-electron chi connectivity index (χ2n) is 4.09. The number of nitrogens with one attached hydrogen (secondary N) is 1. The van der Waals surface area contributed by atoms with Crippen molar-refractivity contribution >= 4 is 18.3 Å². The first-order valence-electron chi connectivity index (χ1n) is 4.76. The van der Waals surface area contributed by atoms with Crippen LogP contribution in [0.5, 0.6) is 0 Å². The van der Waals surface area contributed by atoms with Crippen molar-refractivity contribution in [1.29, 1.82) is 0 Å². The standard InChI is InChI=1S/C9H16N2O.ClH/c10-8(12)9-4-2-1-3-7(9)5-11-6-9;/h7,11H,1-6H2,(H2,10,12);1H/t7-,9+;/m0./s1. The highest BCUT2D eigenvalue weighted by atomic mass is 35.5. The maximum atomic E-state index is 11.3. The van der Waals surface area contributed by atoms with Crippen molar-refractivity contribution < 1.29 is 4.79 Å². The third kappa shape index (κ3) is 1.55. The zero-order valence-electron chi connectivity index (χ0n) is 7.71. The van der Waals surface area contributed by atoms with E-state index in [4.69, 9.17) is 5.73 Å². The van der Waals surface area contributed by atoms with E-state index >= 15 is 0 Å². The number of halogens is 1. The number of fused-ring (bicyclic) bond motifs is 1. The van der Waals surface area contributed by atoms with Crippen LogP contribution >= 0.6 is 12.4 Å². The Labute approximate surface area is 84.9 Å². The SMILES string of the molecule is Cl.NC(=O)[C@@]12CCCC[C@H]1CNC2. The van der Waals surface area contributed by atoms with E-state index in [0.29, 0.717) is 5.92 Å². The smallest absolute Gasteiger partial charge is 0.225 e. The van der Waals surface area contributed by atoms with Gasteiger partial charge >= 0.3 is 0 Å². The van der Waals surface area contributed by atoms with Crippen LogP contribution in [0.4, 0.5) is 0 Å². The van der Waals surface area contributed by atoms with Gasteiger partial charge in [-0.15, -0.1) is 12.4 Å². The lowest BCUT2D eigenvalue weighted by atomic mass is 9.68. The molecule has 13 heavy (non-hydrogen) atoms. The molecule has 2 atom stereocenters. The molecule has 1 saturated heterocycles. The molecular weight excluding hydrogens is 188 g/mol. The van der Waals surface area contributed by atoms with E-state index in [9.17, 15) is 4.79 Å². The number of rotatable bonds is 1. The number of nitrogens with two attached hydrogens (primary N) is 1. The van der Waals surface area contributed by atoms with Crippen LogP contribution in [-0.2, 0) is 4.79 Å². The number of carbonyl (C=O) groups is 1. The zero-order valence-corrected chi connectivity index (χ0v) is 8.53. The predicted octanol–water partition coefficient (Wildman–Crippen LogP) is 0.673. The number of primary amides is 1. The van der Waals surface area contributed by atoms with E-state index in [1.165, 1.54) is 19.3 Å². The molecule has 0 unspecified atom stereocenters. The Morgan fingerprint density at radius 1 is 1.46 bits per heavy atom. The average molecular weight is 205 g/mol. The summed E-state index contributed by atoms with van der Waals surface area (Å²) in [5.74, 6) is 0.431. The Bertz CT molecular complexity index is 210. The van der Waals surface area contributed by atoms with Gasteiger partial charge < -0.3 is 11.1 Å². The average Bonchev–Trinajstić information content (AvgIpc) is 2.48. The molecule has 0 spiro atoms. The fourth-order valence-corrected chi connectivity index (χ4v) is 2.72. The normalized spacial score (nSPS) is 37.7. The predicted molar refractivity (Wildman–Crippen MR) is 53.7 cm³/mol. The molecule has 1 aliphatic carbocycles. The summed E-state index contributed by atoms with van der Waals surface area (Å²) in [6, 6.07) is 0. The molecule has 0 aromatic heterocycles. The lowest BCUT2D eigenvalue weighted by Gasteiger charge is -2.35. The van der Waals surface area contributed by atoms with Crippen molar-refractivity contribution in [3.05, 3.63) is 0 Å². The van der Waals surface area contributed by atoms with E-state index in [1.807, 2.05) is 0 Å². The van der Waals surface area contributed by atoms with Crippen LogP contribution in [0.25, 0.3) is 0 Å². The van der Waals surface area contributed by atoms with Crippen molar-refractivity contribution in [3.63, 3.8) is 0 Å². The summed E-state index contributed by atoms with van der Waals surface area (Å²) in [6.45, 7) is 1.80. The van der Waals surface area contributed by atoms with Gasteiger partial charge in [0.25, 0.3) is 0 Å².